The topological polar surface area (TPSA) is 0 Å². The summed E-state index contributed by atoms with van der Waals surface area (Å²) in [6, 6.07) is 43.7. The summed E-state index contributed by atoms with van der Waals surface area (Å²) in [6.45, 7) is 0. The first kappa shape index (κ1) is 31.8. The molecule has 222 valence electrons. The average molecular weight is 559 g/mol. The Bertz CT molecular complexity index is 1050. The summed E-state index contributed by atoms with van der Waals surface area (Å²) >= 11 is 0. The molecule has 0 amide bonds. The second-order valence-electron chi connectivity index (χ2n) is 12.4. The van der Waals surface area contributed by atoms with Gasteiger partial charge < -0.3 is 0 Å². The molecule has 0 aliphatic heterocycles. The Kier molecular flexibility index (Phi) is 15.1. The van der Waals surface area contributed by atoms with Gasteiger partial charge in [0, 0.05) is 0 Å². The molecule has 3 fully saturated rings. The largest absolute Gasteiger partial charge is 0.0623 e. The van der Waals surface area contributed by atoms with Crippen LogP contribution in [-0.2, 0) is 0 Å². The number of benzene rings is 4. The Balaban J connectivity index is 0.000000132. The van der Waals surface area contributed by atoms with Crippen molar-refractivity contribution in [3.8, 4) is 11.1 Å². The molecule has 0 saturated heterocycles. The second kappa shape index (κ2) is 19.9. The highest BCUT2D eigenvalue weighted by atomic mass is 14.3. The summed E-state index contributed by atoms with van der Waals surface area (Å²) < 4.78 is 0. The molecule has 0 spiro atoms. The monoisotopic (exact) mass is 558 g/mol. The third-order valence-electron chi connectivity index (χ3n) is 9.39. The van der Waals surface area contributed by atoms with Crippen LogP contribution < -0.4 is 0 Å². The van der Waals surface area contributed by atoms with E-state index in [-0.39, 0.29) is 0 Å². The maximum Gasteiger partial charge on any atom is -0.0162 e. The van der Waals surface area contributed by atoms with Gasteiger partial charge in [-0.05, 0) is 47.3 Å². The molecule has 3 aliphatic rings. The van der Waals surface area contributed by atoms with Crippen molar-refractivity contribution in [2.75, 3.05) is 0 Å². The lowest BCUT2D eigenvalue weighted by molar-refractivity contribution is 0.196. The van der Waals surface area contributed by atoms with Gasteiger partial charge in [0.15, 0.2) is 0 Å². The van der Waals surface area contributed by atoms with Gasteiger partial charge in [-0.2, -0.15) is 0 Å². The summed E-state index contributed by atoms with van der Waals surface area (Å²) in [5, 5.41) is 0. The van der Waals surface area contributed by atoms with Crippen LogP contribution in [0.4, 0.5) is 0 Å². The molecule has 42 heavy (non-hydrogen) atoms. The highest BCUT2D eigenvalue weighted by molar-refractivity contribution is 5.62. The maximum atomic E-state index is 2.27. The van der Waals surface area contributed by atoms with E-state index >= 15 is 0 Å². The normalized spacial score (nSPS) is 17.7. The molecule has 0 radical (unpaired) electrons. The van der Waals surface area contributed by atoms with Crippen molar-refractivity contribution in [1.29, 1.82) is 0 Å². The minimum atomic E-state index is 0.861. The van der Waals surface area contributed by atoms with Crippen LogP contribution in [-0.4, -0.2) is 0 Å². The van der Waals surface area contributed by atoms with E-state index in [0.29, 0.717) is 0 Å². The van der Waals surface area contributed by atoms with E-state index in [1.807, 2.05) is 48.5 Å². The summed E-state index contributed by atoms with van der Waals surface area (Å²) in [4.78, 5) is 0. The molecule has 4 aromatic rings. The van der Waals surface area contributed by atoms with Crippen molar-refractivity contribution in [2.24, 2.45) is 11.8 Å². The number of hydrogen-bond acceptors (Lipinski definition) is 0. The van der Waals surface area contributed by atoms with E-state index in [9.17, 15) is 0 Å². The summed E-state index contributed by atoms with van der Waals surface area (Å²) in [5.74, 6) is 3.14. The lowest BCUT2D eigenvalue weighted by atomic mass is 9.73. The van der Waals surface area contributed by atoms with Crippen LogP contribution in [0.15, 0.2) is 127 Å². The smallest absolute Gasteiger partial charge is 0.0162 e. The predicted molar refractivity (Wildman–Crippen MR) is 184 cm³/mol. The second-order valence-corrected chi connectivity index (χ2v) is 12.4. The molecule has 0 aromatic heterocycles. The minimum Gasteiger partial charge on any atom is -0.0623 e. The molecular weight excluding hydrogens is 504 g/mol. The quantitative estimate of drug-likeness (QED) is 0.234. The molecule has 7 rings (SSSR count). The Morgan fingerprint density at radius 1 is 0.286 bits per heavy atom. The summed E-state index contributed by atoms with van der Waals surface area (Å²) in [6.07, 6.45) is 22.5. The van der Waals surface area contributed by atoms with E-state index in [1.54, 1.807) is 31.2 Å². The highest BCUT2D eigenvalue weighted by Gasteiger charge is 2.24. The van der Waals surface area contributed by atoms with Crippen molar-refractivity contribution >= 4 is 0 Å². The Morgan fingerprint density at radius 2 is 0.571 bits per heavy atom. The van der Waals surface area contributed by atoms with Gasteiger partial charge in [-0.25, -0.2) is 0 Å². The van der Waals surface area contributed by atoms with E-state index < -0.39 is 0 Å². The fourth-order valence-corrected chi connectivity index (χ4v) is 7.02. The minimum absolute atomic E-state index is 0.861. The zero-order valence-corrected chi connectivity index (χ0v) is 26.0. The molecule has 0 unspecified atom stereocenters. The van der Waals surface area contributed by atoms with Crippen molar-refractivity contribution < 1.29 is 0 Å². The Morgan fingerprint density at radius 3 is 0.929 bits per heavy atom. The molecular formula is C42H54. The van der Waals surface area contributed by atoms with Crippen LogP contribution in [0, 0.1) is 11.8 Å². The number of rotatable bonds is 3. The van der Waals surface area contributed by atoms with E-state index in [4.69, 9.17) is 0 Å². The average Bonchev–Trinajstić information content (AvgIpc) is 3.12. The zero-order valence-electron chi connectivity index (χ0n) is 26.0. The molecule has 4 aromatic carbocycles. The van der Waals surface area contributed by atoms with E-state index in [0.717, 1.165) is 17.8 Å². The van der Waals surface area contributed by atoms with Gasteiger partial charge in [-0.3, -0.25) is 0 Å². The van der Waals surface area contributed by atoms with Gasteiger partial charge in [0.1, 0.15) is 0 Å². The van der Waals surface area contributed by atoms with Crippen LogP contribution in [0.5, 0.6) is 0 Å². The molecule has 0 bridgehead atoms. The Hall–Kier alpha value is -3.12. The van der Waals surface area contributed by atoms with Crippen LogP contribution in [0.1, 0.15) is 108 Å². The summed E-state index contributed by atoms with van der Waals surface area (Å²) in [7, 11) is 0. The fourth-order valence-electron chi connectivity index (χ4n) is 7.02. The van der Waals surface area contributed by atoms with Gasteiger partial charge in [-0.15, -0.1) is 0 Å². The van der Waals surface area contributed by atoms with Crippen LogP contribution in [0.3, 0.4) is 0 Å². The van der Waals surface area contributed by atoms with Crippen LogP contribution >= 0.6 is 0 Å². The van der Waals surface area contributed by atoms with Crippen molar-refractivity contribution in [1.82, 2.24) is 0 Å². The zero-order chi connectivity index (χ0) is 28.9. The van der Waals surface area contributed by atoms with Gasteiger partial charge in [0.25, 0.3) is 0 Å². The first-order valence-corrected chi connectivity index (χ1v) is 17.1. The van der Waals surface area contributed by atoms with Crippen molar-refractivity contribution in [2.45, 2.75) is 102 Å². The Labute approximate surface area is 257 Å². The van der Waals surface area contributed by atoms with Crippen LogP contribution in [0.2, 0.25) is 0 Å². The van der Waals surface area contributed by atoms with Crippen molar-refractivity contribution in [3.63, 3.8) is 0 Å². The first-order chi connectivity index (χ1) is 20.9. The van der Waals surface area contributed by atoms with Crippen LogP contribution in [0.25, 0.3) is 11.1 Å². The first-order valence-electron chi connectivity index (χ1n) is 17.1. The van der Waals surface area contributed by atoms with Gasteiger partial charge in [0.05, 0.1) is 0 Å². The van der Waals surface area contributed by atoms with E-state index in [2.05, 4.69) is 78.9 Å². The summed E-state index contributed by atoms with van der Waals surface area (Å²) in [5.41, 5.74) is 4.11. The molecule has 3 saturated carbocycles. The fraction of sp³-hybridized carbons (Fsp3) is 0.429. The molecule has 0 nitrogen and oxygen atoms in total. The highest BCUT2D eigenvalue weighted by Crippen LogP contribution is 2.38. The third kappa shape index (κ3) is 12.0. The van der Waals surface area contributed by atoms with Gasteiger partial charge in [-0.1, -0.05) is 211 Å². The van der Waals surface area contributed by atoms with Gasteiger partial charge >= 0.3 is 0 Å². The van der Waals surface area contributed by atoms with E-state index in [1.165, 1.54) is 81.8 Å². The molecule has 0 atom stereocenters. The lowest BCUT2D eigenvalue weighted by Gasteiger charge is -2.32. The third-order valence-corrected chi connectivity index (χ3v) is 9.39. The van der Waals surface area contributed by atoms with Gasteiger partial charge in [0.2, 0.25) is 0 Å². The standard InChI is InChI=1S/C12H22.C12H16.C12H10.C6H6/c3*1-3-7-11(8-4-1)12-9-5-2-6-10-12;1-2-4-6-5-3-1/h11-12H,1-10H2;1,3-4,7-8,12H,2,5-6,9-10H2;1-10H;1-6H. The predicted octanol–water partition coefficient (Wildman–Crippen LogP) is 12.9. The van der Waals surface area contributed by atoms with Crippen molar-refractivity contribution in [3.05, 3.63) is 133 Å². The molecule has 0 heteroatoms. The SMILES string of the molecule is C1CCC(C2CCCCC2)CC1.c1ccc(-c2ccccc2)cc1.c1ccc(C2CCCCC2)cc1.c1ccccc1. The molecule has 3 aliphatic carbocycles. The molecule has 0 N–H and O–H groups in total. The maximum absolute atomic E-state index is 2.27. The molecule has 0 heterocycles. The number of hydrogen-bond donors (Lipinski definition) is 0. The lowest BCUT2D eigenvalue weighted by Crippen LogP contribution is -2.20.